The monoisotopic (exact) mass is 428 g/mol. The fraction of sp³-hybridized carbons (Fsp3) is 0.409. The Morgan fingerprint density at radius 2 is 1.90 bits per heavy atom. The Morgan fingerprint density at radius 1 is 1.13 bits per heavy atom. The number of nitrogens with one attached hydrogen (secondary N) is 1. The fourth-order valence-electron chi connectivity index (χ4n) is 3.81. The van der Waals surface area contributed by atoms with Crippen LogP contribution < -0.4 is 5.32 Å². The lowest BCUT2D eigenvalue weighted by atomic mass is 10.1. The molecular weight excluding hydrogens is 403 g/mol. The van der Waals surface area contributed by atoms with Crippen molar-refractivity contribution in [2.24, 2.45) is 0 Å². The van der Waals surface area contributed by atoms with Gasteiger partial charge in [-0.2, -0.15) is 0 Å². The number of carbonyl (C=O) groups excluding carboxylic acids is 2. The van der Waals surface area contributed by atoms with Gasteiger partial charge in [-0.1, -0.05) is 24.3 Å². The van der Waals surface area contributed by atoms with E-state index in [9.17, 15) is 14.0 Å². The van der Waals surface area contributed by atoms with Crippen molar-refractivity contribution in [3.8, 4) is 0 Å². The number of rotatable bonds is 5. The number of pyridine rings is 1. The topological polar surface area (TPSA) is 65.5 Å². The van der Waals surface area contributed by atoms with Gasteiger partial charge in [-0.3, -0.25) is 19.5 Å². The van der Waals surface area contributed by atoms with E-state index in [0.29, 0.717) is 30.8 Å². The zero-order valence-electron chi connectivity index (χ0n) is 16.7. The zero-order chi connectivity index (χ0) is 20.9. The Hall–Kier alpha value is -2.45. The Morgan fingerprint density at radius 3 is 2.60 bits per heavy atom. The molecule has 0 aliphatic carbocycles. The molecule has 0 spiro atoms. The minimum Gasteiger partial charge on any atom is -0.343 e. The molecule has 0 bridgehead atoms. The predicted molar refractivity (Wildman–Crippen MR) is 114 cm³/mol. The molecule has 8 heteroatoms. The maximum absolute atomic E-state index is 13.9. The molecule has 3 heterocycles. The van der Waals surface area contributed by atoms with E-state index in [2.05, 4.69) is 15.2 Å². The molecule has 1 N–H and O–H groups in total. The van der Waals surface area contributed by atoms with Crippen molar-refractivity contribution < 1.29 is 14.0 Å². The molecule has 2 unspecified atom stereocenters. The van der Waals surface area contributed by atoms with Crippen LogP contribution in [0.3, 0.4) is 0 Å². The molecule has 4 rings (SSSR count). The number of nitrogens with zero attached hydrogens (tertiary/aromatic N) is 3. The van der Waals surface area contributed by atoms with Crippen molar-refractivity contribution in [1.82, 2.24) is 20.1 Å². The third-order valence-electron chi connectivity index (χ3n) is 5.53. The summed E-state index contributed by atoms with van der Waals surface area (Å²) in [7, 11) is 0. The molecule has 2 aliphatic heterocycles. The van der Waals surface area contributed by atoms with Gasteiger partial charge in [-0.25, -0.2) is 4.39 Å². The van der Waals surface area contributed by atoms with Crippen LogP contribution in [0.4, 0.5) is 4.39 Å². The number of piperazine rings is 1. The maximum Gasteiger partial charge on any atom is 0.246 e. The highest BCUT2D eigenvalue weighted by atomic mass is 32.2. The quantitative estimate of drug-likeness (QED) is 0.786. The van der Waals surface area contributed by atoms with Crippen LogP contribution in [0.15, 0.2) is 48.7 Å². The number of amides is 2. The summed E-state index contributed by atoms with van der Waals surface area (Å²) in [6.07, 6.45) is 2.12. The summed E-state index contributed by atoms with van der Waals surface area (Å²) < 4.78 is 13.9. The molecule has 158 valence electrons. The van der Waals surface area contributed by atoms with Gasteiger partial charge >= 0.3 is 0 Å². The van der Waals surface area contributed by atoms with Gasteiger partial charge in [0, 0.05) is 44.7 Å². The second-order valence-corrected chi connectivity index (χ2v) is 8.84. The first-order chi connectivity index (χ1) is 14.6. The van der Waals surface area contributed by atoms with Gasteiger partial charge in [0.15, 0.2) is 0 Å². The van der Waals surface area contributed by atoms with Gasteiger partial charge in [0.05, 0.1) is 10.9 Å². The van der Waals surface area contributed by atoms with Crippen LogP contribution in [0, 0.1) is 5.82 Å². The third-order valence-corrected chi connectivity index (χ3v) is 6.84. The number of hydrogen-bond acceptors (Lipinski definition) is 5. The molecule has 2 aliphatic rings. The van der Waals surface area contributed by atoms with Gasteiger partial charge in [0.2, 0.25) is 11.8 Å². The Bertz CT molecular complexity index is 890. The van der Waals surface area contributed by atoms with Crippen molar-refractivity contribution in [2.45, 2.75) is 24.3 Å². The Balaban J connectivity index is 1.26. The van der Waals surface area contributed by atoms with Gasteiger partial charge in [0.25, 0.3) is 0 Å². The van der Waals surface area contributed by atoms with Crippen LogP contribution in [-0.2, 0) is 22.6 Å². The van der Waals surface area contributed by atoms with Gasteiger partial charge < -0.3 is 10.2 Å². The zero-order valence-corrected chi connectivity index (χ0v) is 17.5. The van der Waals surface area contributed by atoms with Crippen LogP contribution in [-0.4, -0.2) is 69.8 Å². The van der Waals surface area contributed by atoms with Gasteiger partial charge in [0.1, 0.15) is 11.9 Å². The largest absolute Gasteiger partial charge is 0.343 e. The number of aromatic nitrogens is 1. The molecule has 2 saturated heterocycles. The van der Waals surface area contributed by atoms with E-state index < -0.39 is 6.04 Å². The molecule has 2 amide bonds. The number of carbonyl (C=O) groups is 2. The van der Waals surface area contributed by atoms with Crippen molar-refractivity contribution in [3.63, 3.8) is 0 Å². The van der Waals surface area contributed by atoms with Crippen molar-refractivity contribution in [1.29, 1.82) is 0 Å². The highest BCUT2D eigenvalue weighted by molar-refractivity contribution is 8.00. The summed E-state index contributed by atoms with van der Waals surface area (Å²) in [6.45, 7) is 3.62. The smallest absolute Gasteiger partial charge is 0.246 e. The van der Waals surface area contributed by atoms with E-state index in [4.69, 9.17) is 0 Å². The van der Waals surface area contributed by atoms with Crippen LogP contribution >= 0.6 is 11.8 Å². The Kier molecular flexibility index (Phi) is 6.64. The van der Waals surface area contributed by atoms with E-state index in [1.165, 1.54) is 17.8 Å². The third kappa shape index (κ3) is 4.99. The second-order valence-electron chi connectivity index (χ2n) is 7.60. The molecule has 2 aromatic rings. The summed E-state index contributed by atoms with van der Waals surface area (Å²) in [5.41, 5.74) is 1.55. The van der Waals surface area contributed by atoms with Crippen LogP contribution in [0.25, 0.3) is 0 Å². The summed E-state index contributed by atoms with van der Waals surface area (Å²) in [5, 5.41) is 2.48. The minimum atomic E-state index is -0.512. The van der Waals surface area contributed by atoms with E-state index in [1.807, 2.05) is 23.1 Å². The normalized spacial score (nSPS) is 22.6. The Labute approximate surface area is 179 Å². The van der Waals surface area contributed by atoms with Crippen LogP contribution in [0.1, 0.15) is 11.3 Å². The van der Waals surface area contributed by atoms with E-state index in [0.717, 1.165) is 25.3 Å². The second kappa shape index (κ2) is 9.57. The highest BCUT2D eigenvalue weighted by Gasteiger charge is 2.35. The summed E-state index contributed by atoms with van der Waals surface area (Å²) >= 11 is 1.43. The first-order valence-corrected chi connectivity index (χ1v) is 11.2. The molecule has 1 aromatic heterocycles. The molecule has 30 heavy (non-hydrogen) atoms. The molecule has 1 aromatic carbocycles. The average Bonchev–Trinajstić information content (AvgIpc) is 2.77. The fourth-order valence-corrected chi connectivity index (χ4v) is 4.98. The lowest BCUT2D eigenvalue weighted by Crippen LogP contribution is -2.58. The number of thioether (sulfide) groups is 1. The van der Waals surface area contributed by atoms with Gasteiger partial charge in [-0.05, 0) is 30.2 Å². The lowest BCUT2D eigenvalue weighted by molar-refractivity contribution is -0.137. The standard InChI is InChI=1S/C22H25FN4O2S/c23-18-7-2-1-5-16(18)13-20-21(28)25-19(15-30-20)22(29)27-11-9-26(10-12-27)14-17-6-3-4-8-24-17/h1-8,19-20H,9-15H2,(H,25,28). The molecule has 6 nitrogen and oxygen atoms in total. The summed E-state index contributed by atoms with van der Waals surface area (Å²) in [4.78, 5) is 33.9. The number of hydrogen-bond donors (Lipinski definition) is 1. The highest BCUT2D eigenvalue weighted by Crippen LogP contribution is 2.24. The SMILES string of the molecule is O=C1NC(C(=O)N2CCN(Cc3ccccn3)CC2)CSC1Cc1ccccc1F. The minimum absolute atomic E-state index is 0.0299. The molecular formula is C22H25FN4O2S. The van der Waals surface area contributed by atoms with Crippen LogP contribution in [0.5, 0.6) is 0 Å². The first-order valence-electron chi connectivity index (χ1n) is 10.2. The van der Waals surface area contributed by atoms with Crippen molar-refractivity contribution >= 4 is 23.6 Å². The molecule has 0 radical (unpaired) electrons. The van der Waals surface area contributed by atoms with E-state index >= 15 is 0 Å². The van der Waals surface area contributed by atoms with Crippen molar-refractivity contribution in [2.75, 3.05) is 31.9 Å². The van der Waals surface area contributed by atoms with Gasteiger partial charge in [-0.15, -0.1) is 11.8 Å². The first kappa shape index (κ1) is 20.8. The lowest BCUT2D eigenvalue weighted by Gasteiger charge is -2.37. The number of benzene rings is 1. The predicted octanol–water partition coefficient (Wildman–Crippen LogP) is 1.71. The van der Waals surface area contributed by atoms with E-state index in [-0.39, 0.29) is 22.9 Å². The average molecular weight is 429 g/mol. The summed E-state index contributed by atoms with van der Waals surface area (Å²) in [5.74, 6) is -0.00956. The van der Waals surface area contributed by atoms with E-state index in [1.54, 1.807) is 24.4 Å². The maximum atomic E-state index is 13.9. The molecule has 0 saturated carbocycles. The van der Waals surface area contributed by atoms with Crippen LogP contribution in [0.2, 0.25) is 0 Å². The van der Waals surface area contributed by atoms with Crippen molar-refractivity contribution in [3.05, 3.63) is 65.7 Å². The molecule has 2 fully saturated rings. The number of halogens is 1. The summed E-state index contributed by atoms with van der Waals surface area (Å²) in [6, 6.07) is 11.9. The molecule has 2 atom stereocenters.